The third-order valence-electron chi connectivity index (χ3n) is 4.04. The molecule has 27 heavy (non-hydrogen) atoms. The number of rotatable bonds is 6. The molecule has 1 saturated heterocycles. The van der Waals surface area contributed by atoms with E-state index in [1.54, 1.807) is 20.8 Å². The van der Waals surface area contributed by atoms with Gasteiger partial charge in [-0.2, -0.15) is 0 Å². The zero-order chi connectivity index (χ0) is 20.2. The lowest BCUT2D eigenvalue weighted by Gasteiger charge is -2.16. The number of carbonyl (C=O) groups is 4. The largest absolute Gasteiger partial charge is 0.325 e. The lowest BCUT2D eigenvalue weighted by atomic mass is 10.1. The fraction of sp³-hybridized carbons (Fsp3) is 0.444. The fourth-order valence-corrected chi connectivity index (χ4v) is 3.27. The molecule has 1 fully saturated rings. The molecule has 1 aromatic carbocycles. The second-order valence-electron chi connectivity index (χ2n) is 6.87. The van der Waals surface area contributed by atoms with Crippen molar-refractivity contribution in [2.45, 2.75) is 49.8 Å². The average molecular weight is 392 g/mol. The number of amides is 5. The molecule has 0 aliphatic carbocycles. The molecule has 3 N–H and O–H groups in total. The van der Waals surface area contributed by atoms with Crippen LogP contribution in [0.1, 0.15) is 32.8 Å². The molecule has 5 amide bonds. The lowest BCUT2D eigenvalue weighted by Crippen LogP contribution is -2.46. The molecule has 0 aromatic heterocycles. The Hall–Kier alpha value is -2.55. The van der Waals surface area contributed by atoms with E-state index in [2.05, 4.69) is 16.2 Å². The molecule has 0 bridgehead atoms. The number of thioether (sulfide) groups is 1. The van der Waals surface area contributed by atoms with Crippen molar-refractivity contribution in [3.05, 3.63) is 29.8 Å². The van der Waals surface area contributed by atoms with E-state index in [9.17, 15) is 19.2 Å². The Morgan fingerprint density at radius 1 is 1.19 bits per heavy atom. The minimum absolute atomic E-state index is 0.0521. The van der Waals surface area contributed by atoms with Gasteiger partial charge in [-0.05, 0) is 39.8 Å². The van der Waals surface area contributed by atoms with Crippen LogP contribution in [0.15, 0.2) is 29.2 Å². The summed E-state index contributed by atoms with van der Waals surface area (Å²) in [6.07, 6.45) is -0.102. The molecule has 1 atom stereocenters. The highest BCUT2D eigenvalue weighted by atomic mass is 32.2. The first kappa shape index (κ1) is 20.8. The van der Waals surface area contributed by atoms with E-state index < -0.39 is 22.7 Å². The van der Waals surface area contributed by atoms with E-state index >= 15 is 0 Å². The zero-order valence-electron chi connectivity index (χ0n) is 15.8. The van der Waals surface area contributed by atoms with Crippen LogP contribution in [0.25, 0.3) is 0 Å². The van der Waals surface area contributed by atoms with Gasteiger partial charge in [0.15, 0.2) is 0 Å². The predicted molar refractivity (Wildman–Crippen MR) is 102 cm³/mol. The first-order valence-corrected chi connectivity index (χ1v) is 9.44. The number of hydrazine groups is 1. The Balaban J connectivity index is 1.74. The second-order valence-corrected chi connectivity index (χ2v) is 8.29. The van der Waals surface area contributed by atoms with Gasteiger partial charge < -0.3 is 5.32 Å². The van der Waals surface area contributed by atoms with Crippen molar-refractivity contribution in [3.63, 3.8) is 0 Å². The Morgan fingerprint density at radius 2 is 1.81 bits per heavy atom. The zero-order valence-corrected chi connectivity index (χ0v) is 16.6. The molecular formula is C18H24N4O4S. The SMILES string of the molecule is Cc1ccc(S[C@@H](C)C(=O)NNC(=O)CCN2C(=O)NC(C)(C)C2=O)cc1. The van der Waals surface area contributed by atoms with Crippen molar-refractivity contribution >= 4 is 35.5 Å². The highest BCUT2D eigenvalue weighted by Crippen LogP contribution is 2.23. The highest BCUT2D eigenvalue weighted by molar-refractivity contribution is 8.00. The molecule has 0 saturated carbocycles. The van der Waals surface area contributed by atoms with Crippen LogP contribution in [0, 0.1) is 6.92 Å². The number of nitrogens with one attached hydrogen (secondary N) is 3. The maximum atomic E-state index is 12.1. The molecule has 1 aromatic rings. The van der Waals surface area contributed by atoms with Gasteiger partial charge >= 0.3 is 6.03 Å². The van der Waals surface area contributed by atoms with E-state index in [1.807, 2.05) is 31.2 Å². The average Bonchev–Trinajstić information content (AvgIpc) is 2.80. The number of nitrogens with zero attached hydrogens (tertiary/aromatic N) is 1. The molecule has 146 valence electrons. The molecule has 0 spiro atoms. The van der Waals surface area contributed by atoms with Crippen LogP contribution < -0.4 is 16.2 Å². The van der Waals surface area contributed by atoms with Crippen molar-refractivity contribution in [2.24, 2.45) is 0 Å². The molecule has 8 nitrogen and oxygen atoms in total. The fourth-order valence-electron chi connectivity index (χ4n) is 2.40. The van der Waals surface area contributed by atoms with E-state index in [4.69, 9.17) is 0 Å². The van der Waals surface area contributed by atoms with Gasteiger partial charge in [0, 0.05) is 17.9 Å². The maximum Gasteiger partial charge on any atom is 0.325 e. The van der Waals surface area contributed by atoms with Crippen molar-refractivity contribution in [1.29, 1.82) is 0 Å². The number of benzene rings is 1. The number of carbonyl (C=O) groups excluding carboxylic acids is 4. The van der Waals surface area contributed by atoms with Crippen molar-refractivity contribution in [2.75, 3.05) is 6.54 Å². The van der Waals surface area contributed by atoms with Crippen LogP contribution in [-0.2, 0) is 14.4 Å². The first-order valence-electron chi connectivity index (χ1n) is 8.56. The van der Waals surface area contributed by atoms with Gasteiger partial charge in [-0.15, -0.1) is 11.8 Å². The normalized spacial score (nSPS) is 16.7. The summed E-state index contributed by atoms with van der Waals surface area (Å²) in [6.45, 7) is 6.87. The van der Waals surface area contributed by atoms with Gasteiger partial charge in [0.25, 0.3) is 11.8 Å². The van der Waals surface area contributed by atoms with Crippen LogP contribution in [0.4, 0.5) is 4.79 Å². The van der Waals surface area contributed by atoms with Crippen molar-refractivity contribution in [3.8, 4) is 0 Å². The summed E-state index contributed by atoms with van der Waals surface area (Å²) in [5.74, 6) is -1.21. The van der Waals surface area contributed by atoms with Crippen LogP contribution >= 0.6 is 11.8 Å². The van der Waals surface area contributed by atoms with Crippen LogP contribution in [0.3, 0.4) is 0 Å². The Bertz CT molecular complexity index is 748. The van der Waals surface area contributed by atoms with E-state index in [-0.39, 0.29) is 24.8 Å². The third-order valence-corrected chi connectivity index (χ3v) is 5.15. The maximum absolute atomic E-state index is 12.1. The second kappa shape index (κ2) is 8.43. The number of hydrogen-bond donors (Lipinski definition) is 3. The number of aryl methyl sites for hydroxylation is 1. The number of hydrogen-bond acceptors (Lipinski definition) is 5. The third kappa shape index (κ3) is 5.46. The predicted octanol–water partition coefficient (Wildman–Crippen LogP) is 1.34. The van der Waals surface area contributed by atoms with Gasteiger partial charge in [-0.1, -0.05) is 17.7 Å². The smallest absolute Gasteiger partial charge is 0.324 e. The minimum Gasteiger partial charge on any atom is -0.324 e. The summed E-state index contributed by atoms with van der Waals surface area (Å²) < 4.78 is 0. The summed E-state index contributed by atoms with van der Waals surface area (Å²) >= 11 is 1.38. The van der Waals surface area contributed by atoms with Crippen LogP contribution in [-0.4, -0.2) is 46.0 Å². The molecule has 1 aliphatic heterocycles. The quantitative estimate of drug-likeness (QED) is 0.385. The molecular weight excluding hydrogens is 368 g/mol. The molecule has 0 radical (unpaired) electrons. The van der Waals surface area contributed by atoms with Crippen molar-refractivity contribution in [1.82, 2.24) is 21.1 Å². The van der Waals surface area contributed by atoms with Gasteiger partial charge in [0.1, 0.15) is 5.54 Å². The van der Waals surface area contributed by atoms with E-state index in [0.717, 1.165) is 15.4 Å². The van der Waals surface area contributed by atoms with E-state index in [1.165, 1.54) is 11.8 Å². The standard InChI is InChI=1S/C18H24N4O4S/c1-11-5-7-13(8-6-11)27-12(2)15(24)21-20-14(23)9-10-22-16(25)18(3,4)19-17(22)26/h5-8,12H,9-10H2,1-4H3,(H,19,26)(H,20,23)(H,21,24)/t12-/m0/s1. The summed E-state index contributed by atoms with van der Waals surface area (Å²) in [7, 11) is 0. The first-order chi connectivity index (χ1) is 12.6. The molecule has 0 unspecified atom stereocenters. The van der Waals surface area contributed by atoms with Gasteiger partial charge in [0.2, 0.25) is 5.91 Å². The summed E-state index contributed by atoms with van der Waals surface area (Å²) in [5, 5.41) is 2.14. The molecule has 2 rings (SSSR count). The molecule has 9 heteroatoms. The lowest BCUT2D eigenvalue weighted by molar-refractivity contribution is -0.131. The topological polar surface area (TPSA) is 108 Å². The van der Waals surface area contributed by atoms with Gasteiger partial charge in [0.05, 0.1) is 5.25 Å². The molecule has 1 heterocycles. The van der Waals surface area contributed by atoms with Crippen LogP contribution in [0.2, 0.25) is 0 Å². The minimum atomic E-state index is -0.968. The Labute approximate surface area is 162 Å². The van der Waals surface area contributed by atoms with Crippen molar-refractivity contribution < 1.29 is 19.2 Å². The van der Waals surface area contributed by atoms with E-state index in [0.29, 0.717) is 0 Å². The molecule has 1 aliphatic rings. The monoisotopic (exact) mass is 392 g/mol. The highest BCUT2D eigenvalue weighted by Gasteiger charge is 2.43. The Kier molecular flexibility index (Phi) is 6.48. The number of imide groups is 1. The Morgan fingerprint density at radius 3 is 2.37 bits per heavy atom. The summed E-state index contributed by atoms with van der Waals surface area (Å²) in [4.78, 5) is 49.7. The summed E-state index contributed by atoms with van der Waals surface area (Å²) in [6, 6.07) is 7.27. The summed E-state index contributed by atoms with van der Waals surface area (Å²) in [5.41, 5.74) is 4.84. The van der Waals surface area contributed by atoms with Gasteiger partial charge in [-0.25, -0.2) is 4.79 Å². The van der Waals surface area contributed by atoms with Crippen LogP contribution in [0.5, 0.6) is 0 Å². The van der Waals surface area contributed by atoms with Gasteiger partial charge in [-0.3, -0.25) is 30.1 Å². The number of urea groups is 1.